The fraction of sp³-hybridized carbons (Fsp3) is 0.375. The molecule has 0 aliphatic carbocycles. The van der Waals surface area contributed by atoms with E-state index in [1.807, 2.05) is 31.2 Å². The summed E-state index contributed by atoms with van der Waals surface area (Å²) >= 11 is 1.76. The Bertz CT molecular complexity index is 499. The summed E-state index contributed by atoms with van der Waals surface area (Å²) in [6, 6.07) is 12.0. The Morgan fingerprint density at radius 1 is 1.15 bits per heavy atom. The van der Waals surface area contributed by atoms with E-state index in [0.717, 1.165) is 24.6 Å². The van der Waals surface area contributed by atoms with Gasteiger partial charge in [0.15, 0.2) is 11.5 Å². The summed E-state index contributed by atoms with van der Waals surface area (Å²) in [7, 11) is 0. The second kappa shape index (κ2) is 7.92. The van der Waals surface area contributed by atoms with Crippen LogP contribution < -0.4 is 14.8 Å². The minimum Gasteiger partial charge on any atom is -0.490 e. The van der Waals surface area contributed by atoms with E-state index in [-0.39, 0.29) is 6.10 Å². The molecule has 0 bridgehead atoms. The van der Waals surface area contributed by atoms with Gasteiger partial charge in [0.05, 0.1) is 6.61 Å². The zero-order chi connectivity index (χ0) is 14.2. The van der Waals surface area contributed by atoms with E-state index >= 15 is 0 Å². The molecule has 1 heterocycles. The molecule has 3 nitrogen and oxygen atoms in total. The van der Waals surface area contributed by atoms with Crippen LogP contribution in [-0.2, 0) is 6.54 Å². The molecule has 4 heteroatoms. The highest BCUT2D eigenvalue weighted by molar-refractivity contribution is 7.09. The van der Waals surface area contributed by atoms with Gasteiger partial charge in [-0.3, -0.25) is 0 Å². The minimum atomic E-state index is 0.0940. The van der Waals surface area contributed by atoms with Crippen LogP contribution in [0.25, 0.3) is 0 Å². The largest absolute Gasteiger partial charge is 0.490 e. The van der Waals surface area contributed by atoms with E-state index in [4.69, 9.17) is 9.47 Å². The van der Waals surface area contributed by atoms with Crippen LogP contribution in [0.2, 0.25) is 0 Å². The first-order valence-electron chi connectivity index (χ1n) is 6.91. The lowest BCUT2D eigenvalue weighted by Crippen LogP contribution is -2.28. The topological polar surface area (TPSA) is 30.5 Å². The van der Waals surface area contributed by atoms with E-state index in [1.54, 1.807) is 11.3 Å². The molecule has 0 radical (unpaired) electrons. The second-order valence-corrected chi connectivity index (χ2v) is 5.55. The molecule has 0 amide bonds. The smallest absolute Gasteiger partial charge is 0.161 e. The number of ether oxygens (including phenoxy) is 2. The molecular formula is C16H21NO2S. The van der Waals surface area contributed by atoms with Crippen LogP contribution in [0, 0.1) is 0 Å². The first-order chi connectivity index (χ1) is 9.79. The summed E-state index contributed by atoms with van der Waals surface area (Å²) in [6.45, 7) is 6.37. The Kier molecular flexibility index (Phi) is 5.89. The molecule has 2 aromatic rings. The highest BCUT2D eigenvalue weighted by Crippen LogP contribution is 2.27. The highest BCUT2D eigenvalue weighted by Gasteiger charge is 2.08. The van der Waals surface area contributed by atoms with Crippen LogP contribution in [0.4, 0.5) is 0 Å². The molecule has 0 saturated carbocycles. The van der Waals surface area contributed by atoms with Crippen LogP contribution in [-0.4, -0.2) is 19.3 Å². The number of para-hydroxylation sites is 2. The van der Waals surface area contributed by atoms with Gasteiger partial charge in [-0.2, -0.15) is 0 Å². The summed E-state index contributed by atoms with van der Waals surface area (Å²) in [5.74, 6) is 1.61. The van der Waals surface area contributed by atoms with Gasteiger partial charge in [0.2, 0.25) is 0 Å². The molecule has 0 aliphatic rings. The Labute approximate surface area is 124 Å². The molecule has 1 unspecified atom stereocenters. The summed E-state index contributed by atoms with van der Waals surface area (Å²) in [5, 5.41) is 5.50. The van der Waals surface area contributed by atoms with Crippen molar-refractivity contribution in [1.29, 1.82) is 0 Å². The van der Waals surface area contributed by atoms with Gasteiger partial charge in [0.1, 0.15) is 6.10 Å². The van der Waals surface area contributed by atoms with E-state index in [1.165, 1.54) is 4.88 Å². The van der Waals surface area contributed by atoms with Crippen molar-refractivity contribution in [2.24, 2.45) is 0 Å². The first kappa shape index (κ1) is 14.9. The molecule has 1 aromatic carbocycles. The molecule has 20 heavy (non-hydrogen) atoms. The number of nitrogens with one attached hydrogen (secondary N) is 1. The average molecular weight is 291 g/mol. The standard InChI is InChI=1S/C16H21NO2S/c1-3-18-15-8-4-5-9-16(15)19-13(2)11-17-12-14-7-6-10-20-14/h4-10,13,17H,3,11-12H2,1-2H3. The minimum absolute atomic E-state index is 0.0940. The number of hydrogen-bond acceptors (Lipinski definition) is 4. The third kappa shape index (κ3) is 4.54. The molecule has 0 aliphatic heterocycles. The lowest BCUT2D eigenvalue weighted by Gasteiger charge is -2.17. The maximum absolute atomic E-state index is 5.93. The molecule has 1 aromatic heterocycles. The van der Waals surface area contributed by atoms with Gasteiger partial charge in [0.25, 0.3) is 0 Å². The Morgan fingerprint density at radius 2 is 1.95 bits per heavy atom. The molecule has 1 atom stereocenters. The Hall–Kier alpha value is -1.52. The van der Waals surface area contributed by atoms with Crippen molar-refractivity contribution in [2.45, 2.75) is 26.5 Å². The van der Waals surface area contributed by atoms with Crippen molar-refractivity contribution in [1.82, 2.24) is 5.32 Å². The van der Waals surface area contributed by atoms with Crippen LogP contribution in [0.3, 0.4) is 0 Å². The zero-order valence-corrected chi connectivity index (χ0v) is 12.8. The molecule has 0 spiro atoms. The summed E-state index contributed by atoms with van der Waals surface area (Å²) in [6.07, 6.45) is 0.0940. The van der Waals surface area contributed by atoms with Gasteiger partial charge in [-0.1, -0.05) is 18.2 Å². The number of thiophene rings is 1. The fourth-order valence-electron chi connectivity index (χ4n) is 1.89. The maximum atomic E-state index is 5.93. The van der Waals surface area contributed by atoms with Gasteiger partial charge in [0, 0.05) is 18.0 Å². The van der Waals surface area contributed by atoms with Gasteiger partial charge >= 0.3 is 0 Å². The van der Waals surface area contributed by atoms with E-state index < -0.39 is 0 Å². The van der Waals surface area contributed by atoms with Crippen molar-refractivity contribution in [3.8, 4) is 11.5 Å². The molecule has 108 valence electrons. The summed E-state index contributed by atoms with van der Waals surface area (Å²) in [5.41, 5.74) is 0. The lowest BCUT2D eigenvalue weighted by atomic mass is 10.3. The van der Waals surface area contributed by atoms with Crippen LogP contribution in [0.1, 0.15) is 18.7 Å². The third-order valence-corrected chi connectivity index (χ3v) is 3.66. The second-order valence-electron chi connectivity index (χ2n) is 4.52. The van der Waals surface area contributed by atoms with E-state index in [0.29, 0.717) is 6.61 Å². The normalized spacial score (nSPS) is 12.1. The fourth-order valence-corrected chi connectivity index (χ4v) is 2.57. The predicted octanol–water partition coefficient (Wildman–Crippen LogP) is 3.70. The molecular weight excluding hydrogens is 270 g/mol. The van der Waals surface area contributed by atoms with Gasteiger partial charge < -0.3 is 14.8 Å². The number of benzene rings is 1. The average Bonchev–Trinajstić information content (AvgIpc) is 2.94. The molecule has 0 saturated heterocycles. The van der Waals surface area contributed by atoms with Gasteiger partial charge in [-0.05, 0) is 37.4 Å². The van der Waals surface area contributed by atoms with Crippen molar-refractivity contribution in [3.05, 3.63) is 46.7 Å². The summed E-state index contributed by atoms with van der Waals surface area (Å²) in [4.78, 5) is 1.34. The van der Waals surface area contributed by atoms with Crippen molar-refractivity contribution < 1.29 is 9.47 Å². The van der Waals surface area contributed by atoms with Crippen LogP contribution >= 0.6 is 11.3 Å². The first-order valence-corrected chi connectivity index (χ1v) is 7.79. The van der Waals surface area contributed by atoms with Crippen molar-refractivity contribution in [2.75, 3.05) is 13.2 Å². The Balaban J connectivity index is 1.80. The maximum Gasteiger partial charge on any atom is 0.161 e. The number of rotatable bonds is 8. The lowest BCUT2D eigenvalue weighted by molar-refractivity contribution is 0.203. The predicted molar refractivity (Wildman–Crippen MR) is 83.7 cm³/mol. The quantitative estimate of drug-likeness (QED) is 0.804. The van der Waals surface area contributed by atoms with Crippen LogP contribution in [0.15, 0.2) is 41.8 Å². The van der Waals surface area contributed by atoms with E-state index in [2.05, 4.69) is 29.8 Å². The number of hydrogen-bond donors (Lipinski definition) is 1. The molecule has 2 rings (SSSR count). The molecule has 0 fully saturated rings. The van der Waals surface area contributed by atoms with Gasteiger partial charge in [-0.25, -0.2) is 0 Å². The van der Waals surface area contributed by atoms with Crippen LogP contribution in [0.5, 0.6) is 11.5 Å². The third-order valence-electron chi connectivity index (χ3n) is 2.79. The monoisotopic (exact) mass is 291 g/mol. The van der Waals surface area contributed by atoms with E-state index in [9.17, 15) is 0 Å². The van der Waals surface area contributed by atoms with Crippen molar-refractivity contribution >= 4 is 11.3 Å². The summed E-state index contributed by atoms with van der Waals surface area (Å²) < 4.78 is 11.5. The molecule has 1 N–H and O–H groups in total. The highest BCUT2D eigenvalue weighted by atomic mass is 32.1. The zero-order valence-electron chi connectivity index (χ0n) is 12.0. The SMILES string of the molecule is CCOc1ccccc1OC(C)CNCc1cccs1. The Morgan fingerprint density at radius 3 is 2.65 bits per heavy atom. The van der Waals surface area contributed by atoms with Gasteiger partial charge in [-0.15, -0.1) is 11.3 Å². The van der Waals surface area contributed by atoms with Crippen molar-refractivity contribution in [3.63, 3.8) is 0 Å².